The Kier molecular flexibility index (Phi) is 7.57. The van der Waals surface area contributed by atoms with Gasteiger partial charge in [-0.1, -0.05) is 66.2 Å². The number of ether oxygens (including phenoxy) is 2. The third kappa shape index (κ3) is 6.03. The minimum Gasteiger partial charge on any atom is -0.467 e. The molecule has 0 amide bonds. The fourth-order valence-corrected chi connectivity index (χ4v) is 3.11. The highest BCUT2D eigenvalue weighted by atomic mass is 16.6. The summed E-state index contributed by atoms with van der Waals surface area (Å²) in [5, 5.41) is 0. The molecule has 5 heteroatoms. The molecule has 5 nitrogen and oxygen atoms in total. The van der Waals surface area contributed by atoms with Crippen molar-refractivity contribution in [1.29, 1.82) is 0 Å². The minimum absolute atomic E-state index is 0.0175. The number of esters is 1. The van der Waals surface area contributed by atoms with E-state index in [1.54, 1.807) is 6.92 Å². The highest BCUT2D eigenvalue weighted by Gasteiger charge is 2.13. The predicted octanol–water partition coefficient (Wildman–Crippen LogP) is 4.82. The fourth-order valence-electron chi connectivity index (χ4n) is 3.11. The molecule has 0 aliphatic heterocycles. The van der Waals surface area contributed by atoms with E-state index in [0.717, 1.165) is 16.7 Å². The molecule has 2 aromatic carbocycles. The Hall–Kier alpha value is -3.44. The van der Waals surface area contributed by atoms with Gasteiger partial charge in [0.2, 0.25) is 5.78 Å². The Morgan fingerprint density at radius 1 is 1.03 bits per heavy atom. The van der Waals surface area contributed by atoms with Gasteiger partial charge in [0, 0.05) is 18.3 Å². The molecule has 31 heavy (non-hydrogen) atoms. The van der Waals surface area contributed by atoms with E-state index in [9.17, 15) is 9.59 Å². The molecule has 0 fully saturated rings. The first kappa shape index (κ1) is 22.2. The number of ketones is 1. The van der Waals surface area contributed by atoms with Crippen molar-refractivity contribution >= 4 is 17.8 Å². The Bertz CT molecular complexity index is 1050. The molecule has 0 aliphatic carbocycles. The van der Waals surface area contributed by atoms with E-state index >= 15 is 0 Å². The smallest absolute Gasteiger partial charge is 0.334 e. The lowest BCUT2D eigenvalue weighted by atomic mass is 10.1. The van der Waals surface area contributed by atoms with Crippen molar-refractivity contribution < 1.29 is 19.1 Å². The van der Waals surface area contributed by atoms with E-state index < -0.39 is 6.10 Å². The number of carbonyl (C=O) groups is 2. The van der Waals surface area contributed by atoms with Crippen molar-refractivity contribution in [3.63, 3.8) is 0 Å². The Morgan fingerprint density at radius 2 is 1.74 bits per heavy atom. The Morgan fingerprint density at radius 3 is 2.42 bits per heavy atom. The zero-order chi connectivity index (χ0) is 22.2. The van der Waals surface area contributed by atoms with Gasteiger partial charge in [0.15, 0.2) is 6.10 Å². The molecule has 0 bridgehead atoms. The molecular formula is C26H27NO4. The number of aromatic nitrogens is 1. The summed E-state index contributed by atoms with van der Waals surface area (Å²) >= 11 is 0. The van der Waals surface area contributed by atoms with Gasteiger partial charge in [0.25, 0.3) is 0 Å². The van der Waals surface area contributed by atoms with Crippen LogP contribution in [-0.2, 0) is 27.4 Å². The first-order valence-electron chi connectivity index (χ1n) is 10.2. The first-order chi connectivity index (χ1) is 15.0. The van der Waals surface area contributed by atoms with E-state index in [4.69, 9.17) is 4.74 Å². The van der Waals surface area contributed by atoms with E-state index in [1.165, 1.54) is 7.11 Å². The van der Waals surface area contributed by atoms with Crippen molar-refractivity contribution in [3.05, 3.63) is 101 Å². The van der Waals surface area contributed by atoms with Crippen molar-refractivity contribution in [2.45, 2.75) is 33.1 Å². The Labute approximate surface area is 182 Å². The molecule has 0 radical (unpaired) electrons. The fraction of sp³-hybridized carbons (Fsp3) is 0.231. The van der Waals surface area contributed by atoms with Crippen molar-refractivity contribution in [1.82, 2.24) is 4.57 Å². The van der Waals surface area contributed by atoms with Crippen molar-refractivity contribution in [3.8, 4) is 0 Å². The SMILES string of the molecule is COC(=O)[C@@H](C)OCc1ccc(C=CCn2cccc2C(=O)c2ccc(C)cc2)cc1. The number of hydrogen-bond acceptors (Lipinski definition) is 4. The number of hydrogen-bond donors (Lipinski definition) is 0. The second kappa shape index (κ2) is 10.5. The highest BCUT2D eigenvalue weighted by Crippen LogP contribution is 2.13. The van der Waals surface area contributed by atoms with E-state index in [-0.39, 0.29) is 11.8 Å². The molecule has 0 N–H and O–H groups in total. The van der Waals surface area contributed by atoms with Gasteiger partial charge in [-0.15, -0.1) is 0 Å². The molecule has 0 spiro atoms. The molecule has 0 saturated heterocycles. The topological polar surface area (TPSA) is 57.5 Å². The molecule has 3 rings (SSSR count). The number of carbonyl (C=O) groups excluding carboxylic acids is 2. The van der Waals surface area contributed by atoms with Crippen LogP contribution in [0.3, 0.4) is 0 Å². The van der Waals surface area contributed by atoms with Gasteiger partial charge in [-0.3, -0.25) is 4.79 Å². The summed E-state index contributed by atoms with van der Waals surface area (Å²) in [5.74, 6) is -0.367. The van der Waals surface area contributed by atoms with Crippen LogP contribution in [0.1, 0.15) is 39.7 Å². The third-order valence-corrected chi connectivity index (χ3v) is 5.00. The summed E-state index contributed by atoms with van der Waals surface area (Å²) in [4.78, 5) is 24.2. The maximum absolute atomic E-state index is 12.8. The zero-order valence-corrected chi connectivity index (χ0v) is 18.1. The second-order valence-corrected chi connectivity index (χ2v) is 7.36. The van der Waals surface area contributed by atoms with Crippen LogP contribution >= 0.6 is 0 Å². The highest BCUT2D eigenvalue weighted by molar-refractivity contribution is 6.08. The molecule has 0 saturated carbocycles. The molecule has 0 aliphatic rings. The number of aryl methyl sites for hydroxylation is 1. The average Bonchev–Trinajstić information content (AvgIpc) is 3.26. The quantitative estimate of drug-likeness (QED) is 0.370. The normalized spacial score (nSPS) is 12.1. The molecule has 1 heterocycles. The number of allylic oxidation sites excluding steroid dienone is 1. The maximum atomic E-state index is 12.8. The van der Waals surface area contributed by atoms with Gasteiger partial charge in [0.05, 0.1) is 19.4 Å². The summed E-state index contributed by atoms with van der Waals surface area (Å²) in [7, 11) is 1.35. The second-order valence-electron chi connectivity index (χ2n) is 7.36. The largest absolute Gasteiger partial charge is 0.467 e. The van der Waals surface area contributed by atoms with Gasteiger partial charge in [-0.25, -0.2) is 4.79 Å². The molecule has 1 atom stereocenters. The number of methoxy groups -OCH3 is 1. The molecule has 0 unspecified atom stereocenters. The van der Waals surface area contributed by atoms with Gasteiger partial charge < -0.3 is 14.0 Å². The first-order valence-corrected chi connectivity index (χ1v) is 10.2. The van der Waals surface area contributed by atoms with Crippen LogP contribution in [0.15, 0.2) is 72.9 Å². The van der Waals surface area contributed by atoms with Gasteiger partial charge in [-0.2, -0.15) is 0 Å². The third-order valence-electron chi connectivity index (χ3n) is 5.00. The van der Waals surface area contributed by atoms with Crippen molar-refractivity contribution in [2.24, 2.45) is 0 Å². The summed E-state index contributed by atoms with van der Waals surface area (Å²) < 4.78 is 12.1. The summed E-state index contributed by atoms with van der Waals surface area (Å²) in [6, 6.07) is 19.3. The van der Waals surface area contributed by atoms with Crippen LogP contribution < -0.4 is 0 Å². The number of benzene rings is 2. The zero-order valence-electron chi connectivity index (χ0n) is 18.1. The van der Waals surface area contributed by atoms with E-state index in [1.807, 2.05) is 90.5 Å². The maximum Gasteiger partial charge on any atom is 0.334 e. The average molecular weight is 418 g/mol. The Balaban J connectivity index is 1.58. The van der Waals surface area contributed by atoms with Crippen LogP contribution in [0.4, 0.5) is 0 Å². The lowest BCUT2D eigenvalue weighted by Crippen LogP contribution is -2.21. The monoisotopic (exact) mass is 417 g/mol. The lowest BCUT2D eigenvalue weighted by Gasteiger charge is -2.10. The van der Waals surface area contributed by atoms with Gasteiger partial charge in [0.1, 0.15) is 0 Å². The lowest BCUT2D eigenvalue weighted by molar-refractivity contribution is -0.153. The van der Waals surface area contributed by atoms with Gasteiger partial charge >= 0.3 is 5.97 Å². The molecular weight excluding hydrogens is 390 g/mol. The van der Waals surface area contributed by atoms with Gasteiger partial charge in [-0.05, 0) is 37.1 Å². The molecule has 160 valence electrons. The van der Waals surface area contributed by atoms with Crippen LogP contribution in [0.25, 0.3) is 6.08 Å². The van der Waals surface area contributed by atoms with E-state index in [0.29, 0.717) is 24.4 Å². The van der Waals surface area contributed by atoms with Crippen molar-refractivity contribution in [2.75, 3.05) is 7.11 Å². The standard InChI is InChI=1S/C26H27NO4/c1-19-8-14-23(15-9-19)25(28)24-7-5-17-27(24)16-4-6-21-10-12-22(13-11-21)18-31-20(2)26(29)30-3/h4-15,17,20H,16,18H2,1-3H3/t20-/m1/s1. The molecule has 1 aromatic heterocycles. The van der Waals surface area contributed by atoms with Crippen LogP contribution in [0.2, 0.25) is 0 Å². The number of nitrogens with zero attached hydrogens (tertiary/aromatic N) is 1. The molecule has 3 aromatic rings. The van der Waals surface area contributed by atoms with E-state index in [2.05, 4.69) is 4.74 Å². The predicted molar refractivity (Wildman–Crippen MR) is 121 cm³/mol. The van der Waals surface area contributed by atoms with Crippen LogP contribution in [0, 0.1) is 6.92 Å². The summed E-state index contributed by atoms with van der Waals surface area (Å²) in [6.45, 7) is 4.61. The number of rotatable bonds is 9. The summed E-state index contributed by atoms with van der Waals surface area (Å²) in [5.41, 5.74) is 4.51. The minimum atomic E-state index is -0.594. The van der Waals surface area contributed by atoms with Crippen LogP contribution in [0.5, 0.6) is 0 Å². The van der Waals surface area contributed by atoms with Crippen LogP contribution in [-0.4, -0.2) is 29.5 Å². The summed E-state index contributed by atoms with van der Waals surface area (Å²) in [6.07, 6.45) is 5.36.